The van der Waals surface area contributed by atoms with Crippen LogP contribution < -0.4 is 4.74 Å². The highest BCUT2D eigenvalue weighted by Gasteiger charge is 2.38. The highest BCUT2D eigenvalue weighted by Crippen LogP contribution is 2.37. The van der Waals surface area contributed by atoms with E-state index in [0.29, 0.717) is 18.9 Å². The zero-order valence-corrected chi connectivity index (χ0v) is 20.6. The van der Waals surface area contributed by atoms with Crippen LogP contribution in [0.1, 0.15) is 33.1 Å². The summed E-state index contributed by atoms with van der Waals surface area (Å²) in [4.78, 5) is 22.5. The molecule has 1 aromatic carbocycles. The highest BCUT2D eigenvalue weighted by atomic mass is 32.2. The van der Waals surface area contributed by atoms with Gasteiger partial charge in [0, 0.05) is 49.9 Å². The molecule has 1 amide bonds. The number of amides is 1. The number of fused-ring (bicyclic) bond motifs is 1. The third kappa shape index (κ3) is 5.24. The Bertz CT molecular complexity index is 1120. The number of carbonyl (C=O) groups excluding carboxylic acids is 1. The summed E-state index contributed by atoms with van der Waals surface area (Å²) in [7, 11) is -2.16. The molecule has 10 heteroatoms. The number of nitrogens with zero attached hydrogens (tertiary/aromatic N) is 4. The van der Waals surface area contributed by atoms with Crippen molar-refractivity contribution in [2.75, 3.05) is 26.7 Å². The number of carbonyl (C=O) groups is 1. The molecule has 1 fully saturated rings. The lowest BCUT2D eigenvalue weighted by Gasteiger charge is -2.37. The van der Waals surface area contributed by atoms with Gasteiger partial charge >= 0.3 is 0 Å². The molecule has 34 heavy (non-hydrogen) atoms. The van der Waals surface area contributed by atoms with Crippen LogP contribution in [0.4, 0.5) is 0 Å². The summed E-state index contributed by atoms with van der Waals surface area (Å²) in [5.74, 6) is 0.546. The van der Waals surface area contributed by atoms with Gasteiger partial charge in [-0.05, 0) is 43.4 Å². The second-order valence-corrected chi connectivity index (χ2v) is 11.3. The smallest absolute Gasteiger partial charge is 0.247 e. The zero-order chi connectivity index (χ0) is 24.5. The number of aliphatic hydroxyl groups is 1. The first-order chi connectivity index (χ1) is 16.2. The lowest BCUT2D eigenvalue weighted by atomic mass is 10.0. The average Bonchev–Trinajstić information content (AvgIpc) is 3.65. The Morgan fingerprint density at radius 3 is 2.62 bits per heavy atom. The van der Waals surface area contributed by atoms with Gasteiger partial charge in [-0.1, -0.05) is 13.0 Å². The molecule has 2 heterocycles. The molecule has 1 aliphatic carbocycles. The van der Waals surface area contributed by atoms with Gasteiger partial charge in [0.05, 0.1) is 13.2 Å². The summed E-state index contributed by atoms with van der Waals surface area (Å²) in [5.41, 5.74) is 1.46. The van der Waals surface area contributed by atoms with Crippen molar-refractivity contribution in [3.8, 4) is 16.9 Å². The van der Waals surface area contributed by atoms with E-state index in [9.17, 15) is 18.3 Å². The van der Waals surface area contributed by atoms with Crippen LogP contribution in [0.25, 0.3) is 11.1 Å². The van der Waals surface area contributed by atoms with Gasteiger partial charge in [0.25, 0.3) is 0 Å². The Morgan fingerprint density at radius 1 is 1.26 bits per heavy atom. The lowest BCUT2D eigenvalue weighted by Crippen LogP contribution is -2.50. The predicted octanol–water partition coefficient (Wildman–Crippen LogP) is 2.17. The molecule has 9 nitrogen and oxygen atoms in total. The number of likely N-dealkylation sites (N-methyl/N-ethyl adjacent to an activating group) is 1. The van der Waals surface area contributed by atoms with Crippen LogP contribution in [-0.2, 0) is 14.8 Å². The molecule has 1 aromatic heterocycles. The third-order valence-electron chi connectivity index (χ3n) is 6.60. The molecule has 2 aromatic rings. The first-order valence-electron chi connectivity index (χ1n) is 11.6. The zero-order valence-electron chi connectivity index (χ0n) is 19.8. The van der Waals surface area contributed by atoms with Gasteiger partial charge in [-0.15, -0.1) is 0 Å². The van der Waals surface area contributed by atoms with Crippen molar-refractivity contribution in [2.24, 2.45) is 11.8 Å². The molecular weight excluding hydrogens is 456 g/mol. The van der Waals surface area contributed by atoms with E-state index in [2.05, 4.69) is 9.97 Å². The Balaban J connectivity index is 1.72. The van der Waals surface area contributed by atoms with Crippen molar-refractivity contribution in [1.82, 2.24) is 19.2 Å². The van der Waals surface area contributed by atoms with E-state index in [-0.39, 0.29) is 35.6 Å². The Morgan fingerprint density at radius 2 is 1.97 bits per heavy atom. The van der Waals surface area contributed by atoms with Gasteiger partial charge < -0.3 is 14.7 Å². The minimum Gasteiger partial charge on any atom is -0.487 e. The molecule has 1 aliphatic heterocycles. The first kappa shape index (κ1) is 24.6. The number of sulfonamides is 1. The fourth-order valence-corrected chi connectivity index (χ4v) is 5.99. The molecule has 4 rings (SSSR count). The molecule has 0 unspecified atom stereocenters. The van der Waals surface area contributed by atoms with E-state index >= 15 is 0 Å². The Kier molecular flexibility index (Phi) is 7.20. The van der Waals surface area contributed by atoms with Crippen molar-refractivity contribution in [1.29, 1.82) is 0 Å². The standard InChI is InChI=1S/C24H32N4O5S/c1-16-12-28(17(2)14-29)34(31,32)23-7-6-19(20-10-25-15-26-11-20)9-21(23)33-22(16)13-27(3)24(30)8-18-4-5-18/h6-7,9-11,15-18,22,29H,4-5,8,12-14H2,1-3H3/t16-,17-,22-/m1/s1. The molecule has 0 radical (unpaired) electrons. The van der Waals surface area contributed by atoms with Gasteiger partial charge in [-0.25, -0.2) is 18.4 Å². The first-order valence-corrected chi connectivity index (χ1v) is 13.1. The Hall–Kier alpha value is -2.56. The van der Waals surface area contributed by atoms with Crippen molar-refractivity contribution in [2.45, 2.75) is 50.2 Å². The number of ether oxygens (including phenoxy) is 1. The average molecular weight is 489 g/mol. The minimum absolute atomic E-state index is 0.0391. The largest absolute Gasteiger partial charge is 0.487 e. The second-order valence-electron chi connectivity index (χ2n) is 9.45. The fourth-order valence-electron chi connectivity index (χ4n) is 4.17. The van der Waals surface area contributed by atoms with Crippen LogP contribution in [0.2, 0.25) is 0 Å². The normalized spacial score (nSPS) is 23.2. The van der Waals surface area contributed by atoms with Crippen LogP contribution in [-0.4, -0.2) is 77.5 Å². The minimum atomic E-state index is -3.93. The van der Waals surface area contributed by atoms with Crippen molar-refractivity contribution < 1.29 is 23.1 Å². The van der Waals surface area contributed by atoms with E-state index in [1.165, 1.54) is 16.7 Å². The number of benzene rings is 1. The van der Waals surface area contributed by atoms with Crippen LogP contribution in [0.3, 0.4) is 0 Å². The fraction of sp³-hybridized carbons (Fsp3) is 0.542. The molecule has 0 bridgehead atoms. The molecule has 2 aliphatic rings. The van der Waals surface area contributed by atoms with E-state index < -0.39 is 22.2 Å². The van der Waals surface area contributed by atoms with Crippen LogP contribution in [0, 0.1) is 11.8 Å². The maximum Gasteiger partial charge on any atom is 0.247 e. The van der Waals surface area contributed by atoms with Gasteiger partial charge in [0.15, 0.2) is 0 Å². The molecule has 0 spiro atoms. The van der Waals surface area contributed by atoms with Gasteiger partial charge in [-0.2, -0.15) is 4.31 Å². The van der Waals surface area contributed by atoms with E-state index in [1.54, 1.807) is 43.4 Å². The summed E-state index contributed by atoms with van der Waals surface area (Å²) in [5, 5.41) is 9.78. The predicted molar refractivity (Wildman–Crippen MR) is 126 cm³/mol. The number of hydrogen-bond donors (Lipinski definition) is 1. The van der Waals surface area contributed by atoms with Crippen LogP contribution in [0.15, 0.2) is 41.8 Å². The summed E-state index contributed by atoms with van der Waals surface area (Å²) in [6.07, 6.45) is 7.03. The monoisotopic (exact) mass is 488 g/mol. The van der Waals surface area contributed by atoms with E-state index in [4.69, 9.17) is 4.74 Å². The van der Waals surface area contributed by atoms with Crippen molar-refractivity contribution >= 4 is 15.9 Å². The quantitative estimate of drug-likeness (QED) is 0.635. The lowest BCUT2D eigenvalue weighted by molar-refractivity contribution is -0.131. The molecule has 3 atom stereocenters. The summed E-state index contributed by atoms with van der Waals surface area (Å²) >= 11 is 0. The second kappa shape index (κ2) is 9.97. The molecule has 1 saturated carbocycles. The van der Waals surface area contributed by atoms with E-state index in [0.717, 1.165) is 24.0 Å². The summed E-state index contributed by atoms with van der Waals surface area (Å²) in [6, 6.07) is 4.31. The molecule has 184 valence electrons. The number of hydrogen-bond acceptors (Lipinski definition) is 7. The number of aliphatic hydroxyl groups excluding tert-OH is 1. The van der Waals surface area contributed by atoms with Crippen LogP contribution >= 0.6 is 0 Å². The topological polar surface area (TPSA) is 113 Å². The highest BCUT2D eigenvalue weighted by molar-refractivity contribution is 7.89. The SMILES string of the molecule is C[C@@H]1CN([C@H](C)CO)S(=O)(=O)c2ccc(-c3cncnc3)cc2O[C@@H]1CN(C)C(=O)CC1CC1. The number of rotatable bonds is 7. The van der Waals surface area contributed by atoms with Crippen LogP contribution in [0.5, 0.6) is 5.75 Å². The number of aromatic nitrogens is 2. The molecule has 0 saturated heterocycles. The third-order valence-corrected chi connectivity index (χ3v) is 8.62. The summed E-state index contributed by atoms with van der Waals surface area (Å²) < 4.78 is 34.8. The van der Waals surface area contributed by atoms with E-state index in [1.807, 2.05) is 6.92 Å². The maximum atomic E-state index is 13.6. The van der Waals surface area contributed by atoms with Crippen molar-refractivity contribution in [3.05, 3.63) is 36.9 Å². The van der Waals surface area contributed by atoms with Gasteiger partial charge in [0.2, 0.25) is 15.9 Å². The molecule has 1 N–H and O–H groups in total. The summed E-state index contributed by atoms with van der Waals surface area (Å²) in [6.45, 7) is 3.81. The van der Waals surface area contributed by atoms with Crippen molar-refractivity contribution in [3.63, 3.8) is 0 Å². The maximum absolute atomic E-state index is 13.6. The van der Waals surface area contributed by atoms with Gasteiger partial charge in [-0.3, -0.25) is 4.79 Å². The molecular formula is C24H32N4O5S. The Labute approximate surface area is 200 Å². The van der Waals surface area contributed by atoms with Gasteiger partial charge in [0.1, 0.15) is 23.1 Å².